The average Bonchev–Trinajstić information content (AvgIpc) is 2.43. The van der Waals surface area contributed by atoms with E-state index in [1.807, 2.05) is 18.2 Å². The van der Waals surface area contributed by atoms with Crippen LogP contribution in [0.25, 0.3) is 0 Å². The van der Waals surface area contributed by atoms with Crippen LogP contribution in [-0.4, -0.2) is 6.04 Å². The van der Waals surface area contributed by atoms with Crippen molar-refractivity contribution in [2.75, 3.05) is 0 Å². The summed E-state index contributed by atoms with van der Waals surface area (Å²) >= 11 is 0. The van der Waals surface area contributed by atoms with Crippen LogP contribution in [0.1, 0.15) is 16.7 Å². The van der Waals surface area contributed by atoms with Crippen molar-refractivity contribution in [3.8, 4) is 0 Å². The van der Waals surface area contributed by atoms with E-state index >= 15 is 0 Å². The second kappa shape index (κ2) is 2.87. The third-order valence-electron chi connectivity index (χ3n) is 2.39. The summed E-state index contributed by atoms with van der Waals surface area (Å²) in [6.07, 6.45) is 1.85. The predicted molar refractivity (Wildman–Crippen MR) is 46.6 cm³/mol. The van der Waals surface area contributed by atoms with E-state index in [0.29, 0.717) is 0 Å². The van der Waals surface area contributed by atoms with Crippen LogP contribution in [0.3, 0.4) is 0 Å². The molecule has 0 saturated carbocycles. The van der Waals surface area contributed by atoms with E-state index in [2.05, 4.69) is 0 Å². The SMILES string of the molecule is NC1Cc2ccc(CF)cc2C1. The number of rotatable bonds is 1. The van der Waals surface area contributed by atoms with E-state index in [1.165, 1.54) is 11.1 Å². The molecule has 0 heterocycles. The smallest absolute Gasteiger partial charge is 0.115 e. The molecule has 0 bridgehead atoms. The van der Waals surface area contributed by atoms with Gasteiger partial charge in [0.25, 0.3) is 0 Å². The first kappa shape index (κ1) is 7.74. The number of hydrogen-bond donors (Lipinski definition) is 1. The molecular weight excluding hydrogens is 153 g/mol. The lowest BCUT2D eigenvalue weighted by atomic mass is 10.1. The lowest BCUT2D eigenvalue weighted by Crippen LogP contribution is -2.18. The van der Waals surface area contributed by atoms with Crippen molar-refractivity contribution in [2.45, 2.75) is 25.6 Å². The monoisotopic (exact) mass is 165 g/mol. The summed E-state index contributed by atoms with van der Waals surface area (Å²) in [5.41, 5.74) is 9.07. The van der Waals surface area contributed by atoms with E-state index in [4.69, 9.17) is 5.73 Å². The minimum Gasteiger partial charge on any atom is -0.327 e. The maximum atomic E-state index is 12.3. The molecule has 1 aliphatic carbocycles. The van der Waals surface area contributed by atoms with E-state index in [-0.39, 0.29) is 12.7 Å². The summed E-state index contributed by atoms with van der Waals surface area (Å²) in [6, 6.07) is 6.02. The van der Waals surface area contributed by atoms with E-state index in [9.17, 15) is 4.39 Å². The minimum atomic E-state index is -0.373. The zero-order valence-corrected chi connectivity index (χ0v) is 6.89. The maximum absolute atomic E-state index is 12.3. The van der Waals surface area contributed by atoms with Crippen LogP contribution in [0.15, 0.2) is 18.2 Å². The average molecular weight is 165 g/mol. The van der Waals surface area contributed by atoms with Crippen molar-refractivity contribution in [1.29, 1.82) is 0 Å². The summed E-state index contributed by atoms with van der Waals surface area (Å²) < 4.78 is 12.3. The van der Waals surface area contributed by atoms with Gasteiger partial charge in [0.15, 0.2) is 0 Å². The Morgan fingerprint density at radius 2 is 2.08 bits per heavy atom. The molecule has 2 heteroatoms. The quantitative estimate of drug-likeness (QED) is 0.671. The Morgan fingerprint density at radius 3 is 2.83 bits per heavy atom. The third-order valence-corrected chi connectivity index (χ3v) is 2.39. The van der Waals surface area contributed by atoms with Gasteiger partial charge in [-0.1, -0.05) is 18.2 Å². The molecule has 1 aromatic rings. The molecule has 2 rings (SSSR count). The van der Waals surface area contributed by atoms with Crippen LogP contribution >= 0.6 is 0 Å². The molecule has 1 atom stereocenters. The molecule has 12 heavy (non-hydrogen) atoms. The van der Waals surface area contributed by atoms with Crippen molar-refractivity contribution in [3.63, 3.8) is 0 Å². The van der Waals surface area contributed by atoms with Crippen LogP contribution in [0.5, 0.6) is 0 Å². The zero-order valence-electron chi connectivity index (χ0n) is 6.89. The number of halogens is 1. The van der Waals surface area contributed by atoms with E-state index in [0.717, 1.165) is 18.4 Å². The second-order valence-corrected chi connectivity index (χ2v) is 3.41. The fourth-order valence-corrected chi connectivity index (χ4v) is 1.79. The van der Waals surface area contributed by atoms with Gasteiger partial charge in [-0.05, 0) is 29.5 Å². The number of fused-ring (bicyclic) bond motifs is 1. The van der Waals surface area contributed by atoms with Crippen molar-refractivity contribution in [1.82, 2.24) is 0 Å². The fraction of sp³-hybridized carbons (Fsp3) is 0.400. The standard InChI is InChI=1S/C10H12FN/c11-6-7-1-2-8-4-10(12)5-9(8)3-7/h1-3,10H,4-6,12H2. The Bertz CT molecular complexity index is 296. The molecule has 0 aromatic heterocycles. The van der Waals surface area contributed by atoms with Gasteiger partial charge in [-0.2, -0.15) is 0 Å². The summed E-state index contributed by atoms with van der Waals surface area (Å²) in [5, 5.41) is 0. The predicted octanol–water partition coefficient (Wildman–Crippen LogP) is 1.58. The first-order valence-electron chi connectivity index (χ1n) is 4.22. The highest BCUT2D eigenvalue weighted by Crippen LogP contribution is 2.22. The highest BCUT2D eigenvalue weighted by Gasteiger charge is 2.17. The Hall–Kier alpha value is -0.890. The third kappa shape index (κ3) is 1.23. The van der Waals surface area contributed by atoms with Crippen molar-refractivity contribution < 1.29 is 4.39 Å². The normalized spacial score (nSPS) is 21.0. The minimum absolute atomic E-state index is 0.245. The van der Waals surface area contributed by atoms with Crippen LogP contribution in [0.2, 0.25) is 0 Å². The molecule has 0 aliphatic heterocycles. The van der Waals surface area contributed by atoms with Crippen molar-refractivity contribution in [2.24, 2.45) is 5.73 Å². The Morgan fingerprint density at radius 1 is 1.33 bits per heavy atom. The Kier molecular flexibility index (Phi) is 1.85. The fourth-order valence-electron chi connectivity index (χ4n) is 1.79. The largest absolute Gasteiger partial charge is 0.327 e. The van der Waals surface area contributed by atoms with Crippen LogP contribution in [-0.2, 0) is 19.5 Å². The van der Waals surface area contributed by atoms with E-state index in [1.54, 1.807) is 0 Å². The van der Waals surface area contributed by atoms with Crippen molar-refractivity contribution >= 4 is 0 Å². The van der Waals surface area contributed by atoms with Crippen LogP contribution in [0.4, 0.5) is 4.39 Å². The van der Waals surface area contributed by atoms with Gasteiger partial charge in [0.05, 0.1) is 0 Å². The molecule has 0 amide bonds. The highest BCUT2D eigenvalue weighted by molar-refractivity contribution is 5.36. The summed E-state index contributed by atoms with van der Waals surface area (Å²) in [6.45, 7) is -0.373. The van der Waals surface area contributed by atoms with Gasteiger partial charge in [0.2, 0.25) is 0 Å². The van der Waals surface area contributed by atoms with Crippen LogP contribution < -0.4 is 5.73 Å². The van der Waals surface area contributed by atoms with Gasteiger partial charge >= 0.3 is 0 Å². The van der Waals surface area contributed by atoms with Gasteiger partial charge in [-0.15, -0.1) is 0 Å². The van der Waals surface area contributed by atoms with Crippen molar-refractivity contribution in [3.05, 3.63) is 34.9 Å². The number of alkyl halides is 1. The molecule has 1 nitrogen and oxygen atoms in total. The van der Waals surface area contributed by atoms with Gasteiger partial charge < -0.3 is 5.73 Å². The zero-order chi connectivity index (χ0) is 8.55. The lowest BCUT2D eigenvalue weighted by molar-refractivity contribution is 0.485. The summed E-state index contributed by atoms with van der Waals surface area (Å²) in [7, 11) is 0. The summed E-state index contributed by atoms with van der Waals surface area (Å²) in [5.74, 6) is 0. The number of hydrogen-bond acceptors (Lipinski definition) is 1. The first-order valence-corrected chi connectivity index (χ1v) is 4.22. The van der Waals surface area contributed by atoms with Gasteiger partial charge in [0, 0.05) is 6.04 Å². The molecule has 2 N–H and O–H groups in total. The Labute approximate surface area is 71.4 Å². The molecule has 0 fully saturated rings. The second-order valence-electron chi connectivity index (χ2n) is 3.41. The van der Waals surface area contributed by atoms with Crippen LogP contribution in [0, 0.1) is 0 Å². The highest BCUT2D eigenvalue weighted by atomic mass is 19.1. The molecule has 1 unspecified atom stereocenters. The van der Waals surface area contributed by atoms with Gasteiger partial charge in [-0.25, -0.2) is 4.39 Å². The molecule has 1 aliphatic rings. The van der Waals surface area contributed by atoms with Gasteiger partial charge in [0.1, 0.15) is 6.67 Å². The Balaban J connectivity index is 2.35. The molecule has 1 aromatic carbocycles. The molecule has 0 radical (unpaired) electrons. The first-order chi connectivity index (χ1) is 5.79. The molecule has 0 saturated heterocycles. The molecule has 0 spiro atoms. The number of nitrogens with two attached hydrogens (primary N) is 1. The maximum Gasteiger partial charge on any atom is 0.115 e. The lowest BCUT2D eigenvalue weighted by Gasteiger charge is -1.99. The van der Waals surface area contributed by atoms with E-state index < -0.39 is 0 Å². The summed E-state index contributed by atoms with van der Waals surface area (Å²) in [4.78, 5) is 0. The number of benzene rings is 1. The molecular formula is C10H12FN. The molecule has 64 valence electrons. The van der Waals surface area contributed by atoms with Gasteiger partial charge in [-0.3, -0.25) is 0 Å². The topological polar surface area (TPSA) is 26.0 Å².